The predicted octanol–water partition coefficient (Wildman–Crippen LogP) is 4.97. The van der Waals surface area contributed by atoms with Gasteiger partial charge in [-0.05, 0) is 61.5 Å². The van der Waals surface area contributed by atoms with Gasteiger partial charge < -0.3 is 25.4 Å². The van der Waals surface area contributed by atoms with Crippen LogP contribution < -0.4 is 25.4 Å². The van der Waals surface area contributed by atoms with Gasteiger partial charge in [-0.15, -0.1) is 0 Å². The Labute approximate surface area is 205 Å². The molecule has 1 heterocycles. The van der Waals surface area contributed by atoms with Gasteiger partial charge >= 0.3 is 0 Å². The molecule has 3 aromatic carbocycles. The fourth-order valence-electron chi connectivity index (χ4n) is 3.87. The van der Waals surface area contributed by atoms with E-state index in [-0.39, 0.29) is 5.91 Å². The van der Waals surface area contributed by atoms with E-state index in [1.54, 1.807) is 7.11 Å². The van der Waals surface area contributed by atoms with Gasteiger partial charge in [0.05, 0.1) is 31.0 Å². The third kappa shape index (κ3) is 5.05. The lowest BCUT2D eigenvalue weighted by Gasteiger charge is -2.32. The minimum absolute atomic E-state index is 0.233. The number of amides is 1. The highest BCUT2D eigenvalue weighted by atomic mass is 32.1. The molecule has 0 aromatic heterocycles. The molecule has 0 saturated carbocycles. The lowest BCUT2D eigenvalue weighted by Crippen LogP contribution is -2.45. The molecule has 0 spiro atoms. The zero-order valence-corrected chi connectivity index (χ0v) is 20.2. The Morgan fingerprint density at radius 3 is 2.44 bits per heavy atom. The zero-order chi connectivity index (χ0) is 24.1. The van der Waals surface area contributed by atoms with Crippen molar-refractivity contribution >= 4 is 34.6 Å². The van der Waals surface area contributed by atoms with E-state index >= 15 is 0 Å². The number of methoxy groups -OCH3 is 1. The van der Waals surface area contributed by atoms with Gasteiger partial charge in [0.2, 0.25) is 0 Å². The molecule has 0 bridgehead atoms. The Morgan fingerprint density at radius 1 is 1.03 bits per heavy atom. The van der Waals surface area contributed by atoms with Crippen LogP contribution in [0.4, 0.5) is 5.69 Å². The van der Waals surface area contributed by atoms with Crippen molar-refractivity contribution < 1.29 is 14.3 Å². The number of nitrogens with one attached hydrogen (secondary N) is 3. The lowest BCUT2D eigenvalue weighted by molar-refractivity contribution is -0.113. The summed E-state index contributed by atoms with van der Waals surface area (Å²) in [4.78, 5) is 13.7. The normalized spacial score (nSPS) is 15.3. The Balaban J connectivity index is 1.82. The van der Waals surface area contributed by atoms with Gasteiger partial charge in [0.1, 0.15) is 0 Å². The second kappa shape index (κ2) is 10.4. The first-order chi connectivity index (χ1) is 16.5. The van der Waals surface area contributed by atoms with Crippen LogP contribution >= 0.6 is 12.2 Å². The van der Waals surface area contributed by atoms with Crippen molar-refractivity contribution in [1.82, 2.24) is 10.6 Å². The molecule has 1 atom stereocenters. The van der Waals surface area contributed by atoms with E-state index in [0.29, 0.717) is 40.2 Å². The fraction of sp³-hybridized carbons (Fsp3) is 0.185. The zero-order valence-electron chi connectivity index (χ0n) is 19.3. The maximum Gasteiger partial charge on any atom is 0.256 e. The van der Waals surface area contributed by atoms with E-state index in [4.69, 9.17) is 21.7 Å². The third-order valence-electron chi connectivity index (χ3n) is 5.51. The summed E-state index contributed by atoms with van der Waals surface area (Å²) in [5, 5.41) is 9.94. The quantitative estimate of drug-likeness (QED) is 0.421. The van der Waals surface area contributed by atoms with Crippen LogP contribution in [0, 0.1) is 6.92 Å². The molecule has 3 aromatic rings. The van der Waals surface area contributed by atoms with Crippen LogP contribution in [0.2, 0.25) is 0 Å². The molecule has 7 heteroatoms. The summed E-state index contributed by atoms with van der Waals surface area (Å²) in [6, 6.07) is 22.5. The lowest BCUT2D eigenvalue weighted by atomic mass is 9.91. The fourth-order valence-corrected chi connectivity index (χ4v) is 4.09. The standard InChI is InChI=1S/C27H27N3O3S/c1-4-33-21-15-12-19(16-22(21)32-3)25-23(26(31)28-20-13-10-17(2)11-14-20)24(29-27(34)30-25)18-8-6-5-7-9-18/h5-16,25H,4H2,1-3H3,(H,28,31)(H2,29,30,34)/t25-/m1/s1. The minimum Gasteiger partial charge on any atom is -0.493 e. The number of ether oxygens (including phenoxy) is 2. The summed E-state index contributed by atoms with van der Waals surface area (Å²) in [5.74, 6) is 0.997. The number of aryl methyl sites for hydroxylation is 1. The Morgan fingerprint density at radius 2 is 1.76 bits per heavy atom. The molecule has 174 valence electrons. The molecule has 0 aliphatic carbocycles. The number of benzene rings is 3. The van der Waals surface area contributed by atoms with Crippen LogP contribution in [0.3, 0.4) is 0 Å². The largest absolute Gasteiger partial charge is 0.493 e. The highest BCUT2D eigenvalue weighted by Crippen LogP contribution is 2.36. The second-order valence-corrected chi connectivity index (χ2v) is 8.26. The van der Waals surface area contributed by atoms with Gasteiger partial charge in [-0.25, -0.2) is 0 Å². The third-order valence-corrected chi connectivity index (χ3v) is 5.73. The summed E-state index contributed by atoms with van der Waals surface area (Å²) >= 11 is 5.53. The first-order valence-electron chi connectivity index (χ1n) is 11.1. The van der Waals surface area contributed by atoms with Crippen LogP contribution in [-0.4, -0.2) is 24.7 Å². The predicted molar refractivity (Wildman–Crippen MR) is 139 cm³/mol. The van der Waals surface area contributed by atoms with Crippen molar-refractivity contribution in [3.63, 3.8) is 0 Å². The highest BCUT2D eigenvalue weighted by Gasteiger charge is 2.32. The van der Waals surface area contributed by atoms with Gasteiger partial charge in [0.25, 0.3) is 5.91 Å². The number of anilines is 1. The summed E-state index contributed by atoms with van der Waals surface area (Å²) in [7, 11) is 1.60. The average molecular weight is 474 g/mol. The molecule has 0 unspecified atom stereocenters. The number of carbonyl (C=O) groups is 1. The molecule has 1 aliphatic heterocycles. The van der Waals surface area contributed by atoms with Gasteiger partial charge in [-0.2, -0.15) is 0 Å². The molecule has 34 heavy (non-hydrogen) atoms. The molecule has 0 saturated heterocycles. The van der Waals surface area contributed by atoms with Crippen molar-refractivity contribution in [1.29, 1.82) is 0 Å². The van der Waals surface area contributed by atoms with Crippen LogP contribution in [0.1, 0.15) is 29.7 Å². The number of thiocarbonyl (C=S) groups is 1. The first kappa shape index (κ1) is 23.3. The van der Waals surface area contributed by atoms with Crippen molar-refractivity contribution in [2.75, 3.05) is 19.0 Å². The molecule has 1 amide bonds. The van der Waals surface area contributed by atoms with Gasteiger partial charge in [0, 0.05) is 5.69 Å². The monoisotopic (exact) mass is 473 g/mol. The number of hydrogen-bond donors (Lipinski definition) is 3. The van der Waals surface area contributed by atoms with E-state index in [2.05, 4.69) is 16.0 Å². The Kier molecular flexibility index (Phi) is 7.13. The maximum absolute atomic E-state index is 13.7. The van der Waals surface area contributed by atoms with Gasteiger partial charge in [-0.3, -0.25) is 4.79 Å². The van der Waals surface area contributed by atoms with E-state index in [1.165, 1.54) is 0 Å². The van der Waals surface area contributed by atoms with E-state index in [1.807, 2.05) is 86.6 Å². The van der Waals surface area contributed by atoms with E-state index < -0.39 is 6.04 Å². The Bertz CT molecular complexity index is 1220. The SMILES string of the molecule is CCOc1ccc([C@H]2NC(=S)NC(c3ccccc3)=C2C(=O)Nc2ccc(C)cc2)cc1OC. The minimum atomic E-state index is -0.501. The highest BCUT2D eigenvalue weighted by molar-refractivity contribution is 7.80. The summed E-state index contributed by atoms with van der Waals surface area (Å²) in [6.45, 7) is 4.45. The van der Waals surface area contributed by atoms with Gasteiger partial charge in [0.15, 0.2) is 16.6 Å². The second-order valence-electron chi connectivity index (χ2n) is 7.85. The molecule has 3 N–H and O–H groups in total. The van der Waals surface area contributed by atoms with Gasteiger partial charge in [-0.1, -0.05) is 54.1 Å². The summed E-state index contributed by atoms with van der Waals surface area (Å²) in [5.41, 5.74) is 4.70. The molecule has 1 aliphatic rings. The summed E-state index contributed by atoms with van der Waals surface area (Å²) in [6.07, 6.45) is 0. The van der Waals surface area contributed by atoms with Crippen LogP contribution in [0.5, 0.6) is 11.5 Å². The van der Waals surface area contributed by atoms with Crippen LogP contribution in [-0.2, 0) is 4.79 Å². The van der Waals surface area contributed by atoms with Crippen LogP contribution in [0.25, 0.3) is 5.70 Å². The first-order valence-corrected chi connectivity index (χ1v) is 11.5. The molecule has 0 radical (unpaired) electrons. The Hall–Kier alpha value is -3.84. The molecular formula is C27H27N3O3S. The molecule has 4 rings (SSSR count). The number of carbonyl (C=O) groups excluding carboxylic acids is 1. The van der Waals surface area contributed by atoms with Crippen molar-refractivity contribution in [2.24, 2.45) is 0 Å². The molecule has 0 fully saturated rings. The van der Waals surface area contributed by atoms with Crippen molar-refractivity contribution in [2.45, 2.75) is 19.9 Å². The number of hydrogen-bond acceptors (Lipinski definition) is 4. The smallest absolute Gasteiger partial charge is 0.256 e. The van der Waals surface area contributed by atoms with Crippen LogP contribution in [0.15, 0.2) is 78.4 Å². The maximum atomic E-state index is 13.7. The average Bonchev–Trinajstić information content (AvgIpc) is 2.85. The van der Waals surface area contributed by atoms with E-state index in [0.717, 1.165) is 16.7 Å². The summed E-state index contributed by atoms with van der Waals surface area (Å²) < 4.78 is 11.2. The van der Waals surface area contributed by atoms with Crippen molar-refractivity contribution in [3.8, 4) is 11.5 Å². The molecule has 6 nitrogen and oxygen atoms in total. The number of rotatable bonds is 7. The van der Waals surface area contributed by atoms with Crippen molar-refractivity contribution in [3.05, 3.63) is 95.1 Å². The van der Waals surface area contributed by atoms with E-state index in [9.17, 15) is 4.79 Å². The molecular weight excluding hydrogens is 446 g/mol. The topological polar surface area (TPSA) is 71.6 Å².